The fourth-order valence-electron chi connectivity index (χ4n) is 2.70. The van der Waals surface area contributed by atoms with Crippen molar-refractivity contribution < 1.29 is 9.59 Å². The van der Waals surface area contributed by atoms with Crippen LogP contribution in [-0.2, 0) is 9.59 Å². The molecule has 0 saturated heterocycles. The van der Waals surface area contributed by atoms with E-state index in [1.807, 2.05) is 32.9 Å². The number of anilines is 1. The number of amides is 2. The van der Waals surface area contributed by atoms with E-state index in [0.29, 0.717) is 13.1 Å². The van der Waals surface area contributed by atoms with Gasteiger partial charge in [0.05, 0.1) is 0 Å². The lowest BCUT2D eigenvalue weighted by molar-refractivity contribution is -0.143. The zero-order valence-electron chi connectivity index (χ0n) is 15.2. The van der Waals surface area contributed by atoms with E-state index in [0.717, 1.165) is 48.1 Å². The lowest BCUT2D eigenvalue weighted by Gasteiger charge is -2.22. The molecule has 0 saturated carbocycles. The molecule has 0 fully saturated rings. The van der Waals surface area contributed by atoms with Gasteiger partial charge in [0.25, 0.3) is 0 Å². The number of hydrogen-bond donors (Lipinski definition) is 1. The molecule has 1 N–H and O–H groups in total. The first-order chi connectivity index (χ1) is 10.9. The summed E-state index contributed by atoms with van der Waals surface area (Å²) in [6.45, 7) is 11.4. The number of carbonyl (C=O) groups is 2. The van der Waals surface area contributed by atoms with Crippen LogP contribution < -0.4 is 5.32 Å². The van der Waals surface area contributed by atoms with Crippen molar-refractivity contribution in [3.63, 3.8) is 0 Å². The molecule has 128 valence electrons. The highest BCUT2D eigenvalue weighted by atomic mass is 16.2. The van der Waals surface area contributed by atoms with Gasteiger partial charge in [0.1, 0.15) is 0 Å². The van der Waals surface area contributed by atoms with Gasteiger partial charge in [-0.1, -0.05) is 44.4 Å². The summed E-state index contributed by atoms with van der Waals surface area (Å²) in [4.78, 5) is 26.5. The summed E-state index contributed by atoms with van der Waals surface area (Å²) < 4.78 is 0. The van der Waals surface area contributed by atoms with Crippen molar-refractivity contribution >= 4 is 17.5 Å². The number of benzene rings is 1. The van der Waals surface area contributed by atoms with Gasteiger partial charge in [-0.25, -0.2) is 0 Å². The summed E-state index contributed by atoms with van der Waals surface area (Å²) in [5.41, 5.74) is 3.87. The van der Waals surface area contributed by atoms with Crippen LogP contribution in [0.25, 0.3) is 0 Å². The van der Waals surface area contributed by atoms with E-state index in [1.54, 1.807) is 4.90 Å². The Morgan fingerprint density at radius 3 is 1.87 bits per heavy atom. The summed E-state index contributed by atoms with van der Waals surface area (Å²) in [7, 11) is 0. The van der Waals surface area contributed by atoms with Gasteiger partial charge < -0.3 is 10.2 Å². The quantitative estimate of drug-likeness (QED) is 0.773. The zero-order chi connectivity index (χ0) is 17.4. The Morgan fingerprint density at radius 2 is 1.43 bits per heavy atom. The summed E-state index contributed by atoms with van der Waals surface area (Å²) >= 11 is 0. The van der Waals surface area contributed by atoms with Crippen molar-refractivity contribution in [3.8, 4) is 0 Å². The topological polar surface area (TPSA) is 49.4 Å². The third-order valence-corrected chi connectivity index (χ3v) is 3.96. The van der Waals surface area contributed by atoms with Crippen LogP contribution >= 0.6 is 0 Å². The molecule has 0 aliphatic rings. The summed E-state index contributed by atoms with van der Waals surface area (Å²) in [5.74, 6) is -0.960. The largest absolute Gasteiger partial charge is 0.334 e. The molecule has 1 aromatic rings. The maximum Gasteiger partial charge on any atom is 0.313 e. The minimum absolute atomic E-state index is 0.425. The second-order valence-corrected chi connectivity index (χ2v) is 6.23. The first kappa shape index (κ1) is 19.2. The molecule has 0 radical (unpaired) electrons. The van der Waals surface area contributed by atoms with Gasteiger partial charge in [-0.15, -0.1) is 0 Å². The molecule has 0 atom stereocenters. The average Bonchev–Trinajstić information content (AvgIpc) is 2.50. The van der Waals surface area contributed by atoms with Crippen LogP contribution in [0.4, 0.5) is 5.69 Å². The lowest BCUT2D eigenvalue weighted by atomic mass is 10.1. The van der Waals surface area contributed by atoms with Gasteiger partial charge in [-0.3, -0.25) is 9.59 Å². The van der Waals surface area contributed by atoms with E-state index in [-0.39, 0.29) is 0 Å². The number of nitrogens with one attached hydrogen (secondary N) is 1. The zero-order valence-corrected chi connectivity index (χ0v) is 15.2. The predicted molar refractivity (Wildman–Crippen MR) is 95.7 cm³/mol. The lowest BCUT2D eigenvalue weighted by Crippen LogP contribution is -2.41. The standard InChI is InChI=1S/C19H30N2O2/c1-6-8-10-21(11-9-7-2)19(23)18(22)20-17-15(4)12-14(3)13-16(17)5/h12-13H,6-11H2,1-5H3,(H,20,22). The molecule has 0 aliphatic carbocycles. The highest BCUT2D eigenvalue weighted by molar-refractivity contribution is 6.39. The minimum Gasteiger partial charge on any atom is -0.334 e. The van der Waals surface area contributed by atoms with E-state index in [4.69, 9.17) is 0 Å². The molecule has 0 spiro atoms. The first-order valence-electron chi connectivity index (χ1n) is 8.58. The third kappa shape index (κ3) is 5.70. The van der Waals surface area contributed by atoms with Gasteiger partial charge in [0, 0.05) is 18.8 Å². The Balaban J connectivity index is 2.83. The number of rotatable bonds is 7. The van der Waals surface area contributed by atoms with Crippen LogP contribution in [0.1, 0.15) is 56.2 Å². The molecule has 4 nitrogen and oxygen atoms in total. The molecule has 0 unspecified atom stereocenters. The van der Waals surface area contributed by atoms with E-state index < -0.39 is 11.8 Å². The Kier molecular flexibility index (Phi) is 7.79. The fraction of sp³-hybridized carbons (Fsp3) is 0.579. The Labute approximate surface area is 140 Å². The highest BCUT2D eigenvalue weighted by Gasteiger charge is 2.22. The van der Waals surface area contributed by atoms with Crippen LogP contribution in [-0.4, -0.2) is 29.8 Å². The van der Waals surface area contributed by atoms with Crippen molar-refractivity contribution in [3.05, 3.63) is 28.8 Å². The maximum atomic E-state index is 12.5. The number of unbranched alkanes of at least 4 members (excludes halogenated alkanes) is 2. The van der Waals surface area contributed by atoms with Crippen molar-refractivity contribution in [1.29, 1.82) is 0 Å². The van der Waals surface area contributed by atoms with Gasteiger partial charge >= 0.3 is 11.8 Å². The van der Waals surface area contributed by atoms with Crippen molar-refractivity contribution in [2.24, 2.45) is 0 Å². The number of hydrogen-bond acceptors (Lipinski definition) is 2. The van der Waals surface area contributed by atoms with E-state index in [9.17, 15) is 9.59 Å². The van der Waals surface area contributed by atoms with Crippen molar-refractivity contribution in [2.75, 3.05) is 18.4 Å². The van der Waals surface area contributed by atoms with E-state index in [2.05, 4.69) is 19.2 Å². The molecule has 0 aliphatic heterocycles. The van der Waals surface area contributed by atoms with E-state index in [1.165, 1.54) is 0 Å². The van der Waals surface area contributed by atoms with Gasteiger partial charge in [-0.05, 0) is 44.7 Å². The smallest absolute Gasteiger partial charge is 0.313 e. The molecule has 0 aromatic heterocycles. The Morgan fingerprint density at radius 1 is 0.957 bits per heavy atom. The molecule has 0 bridgehead atoms. The normalized spacial score (nSPS) is 10.5. The molecule has 1 rings (SSSR count). The third-order valence-electron chi connectivity index (χ3n) is 3.96. The van der Waals surface area contributed by atoms with Gasteiger partial charge in [-0.2, -0.15) is 0 Å². The summed E-state index contributed by atoms with van der Waals surface area (Å²) in [5, 5.41) is 2.81. The number of carbonyl (C=O) groups excluding carboxylic acids is 2. The van der Waals surface area contributed by atoms with Gasteiger partial charge in [0.15, 0.2) is 0 Å². The van der Waals surface area contributed by atoms with Crippen LogP contribution in [0.3, 0.4) is 0 Å². The molecule has 23 heavy (non-hydrogen) atoms. The van der Waals surface area contributed by atoms with Gasteiger partial charge in [0.2, 0.25) is 0 Å². The van der Waals surface area contributed by atoms with Crippen LogP contribution in [0.15, 0.2) is 12.1 Å². The van der Waals surface area contributed by atoms with Crippen molar-refractivity contribution in [1.82, 2.24) is 4.90 Å². The molecule has 4 heteroatoms. The predicted octanol–water partition coefficient (Wildman–Crippen LogP) is 3.98. The summed E-state index contributed by atoms with van der Waals surface area (Å²) in [6.07, 6.45) is 3.86. The molecular weight excluding hydrogens is 288 g/mol. The number of nitrogens with zero attached hydrogens (tertiary/aromatic N) is 1. The summed E-state index contributed by atoms with van der Waals surface area (Å²) in [6, 6.07) is 4.03. The average molecular weight is 318 g/mol. The fourth-order valence-corrected chi connectivity index (χ4v) is 2.70. The Hall–Kier alpha value is -1.84. The second kappa shape index (κ2) is 9.33. The Bertz CT molecular complexity index is 521. The monoisotopic (exact) mass is 318 g/mol. The number of aryl methyl sites for hydroxylation is 3. The highest BCUT2D eigenvalue weighted by Crippen LogP contribution is 2.22. The minimum atomic E-state index is -0.535. The van der Waals surface area contributed by atoms with E-state index >= 15 is 0 Å². The molecule has 2 amide bonds. The SMILES string of the molecule is CCCCN(CCCC)C(=O)C(=O)Nc1c(C)cc(C)cc1C. The molecular formula is C19H30N2O2. The van der Waals surface area contributed by atoms with Crippen LogP contribution in [0.5, 0.6) is 0 Å². The molecule has 0 heterocycles. The maximum absolute atomic E-state index is 12.5. The van der Waals surface area contributed by atoms with Crippen molar-refractivity contribution in [2.45, 2.75) is 60.3 Å². The first-order valence-corrected chi connectivity index (χ1v) is 8.58. The van der Waals surface area contributed by atoms with Crippen LogP contribution in [0, 0.1) is 20.8 Å². The molecule has 1 aromatic carbocycles. The second-order valence-electron chi connectivity index (χ2n) is 6.23. The van der Waals surface area contributed by atoms with Crippen LogP contribution in [0.2, 0.25) is 0 Å².